The number of hydrogen-bond donors (Lipinski definition) is 0. The van der Waals surface area contributed by atoms with Crippen molar-refractivity contribution in [3.63, 3.8) is 0 Å². The summed E-state index contributed by atoms with van der Waals surface area (Å²) in [6.07, 6.45) is 0. The molecule has 88 valence electrons. The molecule has 1 aromatic carbocycles. The standard InChI is InChI=1S/C11H13FO3S/c1-8(11(13)15-2)7-16(14)10-5-3-9(12)4-6-10/h3-6,8H,7H2,1-2H3. The maximum atomic E-state index is 12.6. The summed E-state index contributed by atoms with van der Waals surface area (Å²) in [4.78, 5) is 11.6. The second kappa shape index (κ2) is 5.75. The quantitative estimate of drug-likeness (QED) is 0.758. The summed E-state index contributed by atoms with van der Waals surface area (Å²) in [6.45, 7) is 1.65. The van der Waals surface area contributed by atoms with Crippen molar-refractivity contribution in [2.75, 3.05) is 12.9 Å². The molecule has 1 rings (SSSR count). The molecule has 3 nitrogen and oxygen atoms in total. The topological polar surface area (TPSA) is 43.4 Å². The molecule has 1 aromatic rings. The van der Waals surface area contributed by atoms with E-state index >= 15 is 0 Å². The molecule has 0 saturated carbocycles. The predicted octanol–water partition coefficient (Wildman–Crippen LogP) is 1.74. The van der Waals surface area contributed by atoms with E-state index in [9.17, 15) is 13.4 Å². The molecule has 0 aliphatic heterocycles. The molecule has 0 N–H and O–H groups in total. The smallest absolute Gasteiger partial charge is 0.309 e. The van der Waals surface area contributed by atoms with Gasteiger partial charge in [-0.05, 0) is 24.3 Å². The van der Waals surface area contributed by atoms with Crippen LogP contribution in [0.25, 0.3) is 0 Å². The Hall–Kier alpha value is -1.23. The van der Waals surface area contributed by atoms with Crippen LogP contribution in [0.1, 0.15) is 6.92 Å². The monoisotopic (exact) mass is 244 g/mol. The number of carbonyl (C=O) groups excluding carboxylic acids is 1. The molecular weight excluding hydrogens is 231 g/mol. The molecule has 2 unspecified atom stereocenters. The van der Waals surface area contributed by atoms with Crippen LogP contribution in [0, 0.1) is 11.7 Å². The maximum Gasteiger partial charge on any atom is 0.309 e. The molecule has 0 bridgehead atoms. The van der Waals surface area contributed by atoms with Gasteiger partial charge in [0.05, 0.1) is 23.8 Å². The Morgan fingerprint density at radius 3 is 2.50 bits per heavy atom. The highest BCUT2D eigenvalue weighted by atomic mass is 32.2. The third kappa shape index (κ3) is 3.41. The van der Waals surface area contributed by atoms with Gasteiger partial charge >= 0.3 is 5.97 Å². The minimum Gasteiger partial charge on any atom is -0.469 e. The number of carbonyl (C=O) groups is 1. The summed E-state index contributed by atoms with van der Waals surface area (Å²) in [6, 6.07) is 5.40. The van der Waals surface area contributed by atoms with Crippen LogP contribution in [0.2, 0.25) is 0 Å². The van der Waals surface area contributed by atoms with Gasteiger partial charge in [-0.15, -0.1) is 0 Å². The fraction of sp³-hybridized carbons (Fsp3) is 0.364. The summed E-state index contributed by atoms with van der Waals surface area (Å²) in [5.74, 6) is -1.02. The molecule has 5 heteroatoms. The van der Waals surface area contributed by atoms with Crippen molar-refractivity contribution in [3.05, 3.63) is 30.1 Å². The number of hydrogen-bond acceptors (Lipinski definition) is 3. The van der Waals surface area contributed by atoms with Crippen molar-refractivity contribution >= 4 is 16.8 Å². The van der Waals surface area contributed by atoms with Crippen LogP contribution in [-0.2, 0) is 20.3 Å². The van der Waals surface area contributed by atoms with Crippen molar-refractivity contribution in [1.29, 1.82) is 0 Å². The van der Waals surface area contributed by atoms with Crippen molar-refractivity contribution < 1.29 is 18.1 Å². The third-order valence-electron chi connectivity index (χ3n) is 2.08. The van der Waals surface area contributed by atoms with Crippen LogP contribution in [0.5, 0.6) is 0 Å². The zero-order chi connectivity index (χ0) is 12.1. The molecule has 0 radical (unpaired) electrons. The van der Waals surface area contributed by atoms with Gasteiger partial charge < -0.3 is 4.74 Å². The number of benzene rings is 1. The van der Waals surface area contributed by atoms with Crippen LogP contribution in [0.15, 0.2) is 29.2 Å². The molecule has 0 aliphatic rings. The van der Waals surface area contributed by atoms with Crippen LogP contribution in [-0.4, -0.2) is 23.0 Å². The van der Waals surface area contributed by atoms with Gasteiger partial charge in [0.1, 0.15) is 5.82 Å². The summed E-state index contributed by atoms with van der Waals surface area (Å²) in [5, 5.41) is 0. The highest BCUT2D eigenvalue weighted by molar-refractivity contribution is 7.85. The fourth-order valence-electron chi connectivity index (χ4n) is 1.18. The average Bonchev–Trinajstić information content (AvgIpc) is 2.28. The van der Waals surface area contributed by atoms with E-state index in [2.05, 4.69) is 4.74 Å². The maximum absolute atomic E-state index is 12.6. The fourth-order valence-corrected chi connectivity index (χ4v) is 2.40. The lowest BCUT2D eigenvalue weighted by atomic mass is 10.2. The Morgan fingerprint density at radius 1 is 1.44 bits per heavy atom. The molecule has 16 heavy (non-hydrogen) atoms. The van der Waals surface area contributed by atoms with Gasteiger partial charge in [0, 0.05) is 10.6 Å². The van der Waals surface area contributed by atoms with Crippen molar-refractivity contribution in [3.8, 4) is 0 Å². The normalized spacial score (nSPS) is 14.2. The van der Waals surface area contributed by atoms with Gasteiger partial charge in [0.2, 0.25) is 0 Å². The Balaban J connectivity index is 2.65. The van der Waals surface area contributed by atoms with Crippen molar-refractivity contribution in [1.82, 2.24) is 0 Å². The molecule has 0 fully saturated rings. The van der Waals surface area contributed by atoms with Crippen LogP contribution in [0.4, 0.5) is 4.39 Å². The molecule has 0 spiro atoms. The first-order valence-electron chi connectivity index (χ1n) is 4.76. The lowest BCUT2D eigenvalue weighted by molar-refractivity contribution is -0.144. The molecule has 0 heterocycles. The minimum absolute atomic E-state index is 0.179. The van der Waals surface area contributed by atoms with Gasteiger partial charge in [-0.2, -0.15) is 0 Å². The molecule has 2 atom stereocenters. The highest BCUT2D eigenvalue weighted by Gasteiger charge is 2.17. The van der Waals surface area contributed by atoms with Crippen molar-refractivity contribution in [2.24, 2.45) is 5.92 Å². The predicted molar refractivity (Wildman–Crippen MR) is 58.9 cm³/mol. The van der Waals surface area contributed by atoms with E-state index in [1.807, 2.05) is 0 Å². The Morgan fingerprint density at radius 2 is 2.00 bits per heavy atom. The summed E-state index contributed by atoms with van der Waals surface area (Å²) < 4.78 is 28.9. The SMILES string of the molecule is COC(=O)C(C)CS(=O)c1ccc(F)cc1. The third-order valence-corrected chi connectivity index (χ3v) is 3.68. The van der Waals surface area contributed by atoms with Gasteiger partial charge in [-0.25, -0.2) is 4.39 Å². The van der Waals surface area contributed by atoms with E-state index in [4.69, 9.17) is 0 Å². The minimum atomic E-state index is -1.31. The molecule has 0 aliphatic carbocycles. The van der Waals surface area contributed by atoms with Gasteiger partial charge in [0.15, 0.2) is 0 Å². The first-order valence-corrected chi connectivity index (χ1v) is 6.08. The summed E-state index contributed by atoms with van der Waals surface area (Å²) in [5.41, 5.74) is 0. The number of rotatable bonds is 4. The first kappa shape index (κ1) is 12.8. The molecule has 0 aromatic heterocycles. The van der Waals surface area contributed by atoms with Gasteiger partial charge in [-0.1, -0.05) is 6.92 Å². The van der Waals surface area contributed by atoms with E-state index < -0.39 is 22.7 Å². The number of halogens is 1. The first-order chi connectivity index (χ1) is 7.54. The van der Waals surface area contributed by atoms with Crippen LogP contribution < -0.4 is 0 Å². The Labute approximate surface area is 96.1 Å². The van der Waals surface area contributed by atoms with E-state index in [0.717, 1.165) is 0 Å². The average molecular weight is 244 g/mol. The van der Waals surface area contributed by atoms with Crippen LogP contribution in [0.3, 0.4) is 0 Å². The lowest BCUT2D eigenvalue weighted by Gasteiger charge is -2.08. The van der Waals surface area contributed by atoms with E-state index in [-0.39, 0.29) is 11.6 Å². The van der Waals surface area contributed by atoms with E-state index in [0.29, 0.717) is 4.90 Å². The van der Waals surface area contributed by atoms with E-state index in [1.54, 1.807) is 6.92 Å². The Bertz CT molecular complexity index is 389. The number of esters is 1. The summed E-state index contributed by atoms with van der Waals surface area (Å²) >= 11 is 0. The van der Waals surface area contributed by atoms with Crippen LogP contribution >= 0.6 is 0 Å². The second-order valence-corrected chi connectivity index (χ2v) is 4.89. The lowest BCUT2D eigenvalue weighted by Crippen LogP contribution is -2.19. The summed E-state index contributed by atoms with van der Waals surface area (Å²) in [7, 11) is -0.0201. The van der Waals surface area contributed by atoms with Gasteiger partial charge in [0.25, 0.3) is 0 Å². The Kier molecular flexibility index (Phi) is 4.61. The van der Waals surface area contributed by atoms with E-state index in [1.165, 1.54) is 31.4 Å². The molecule has 0 amide bonds. The zero-order valence-corrected chi connectivity index (χ0v) is 9.92. The molecular formula is C11H13FO3S. The number of ether oxygens (including phenoxy) is 1. The zero-order valence-electron chi connectivity index (χ0n) is 9.10. The molecule has 0 saturated heterocycles. The van der Waals surface area contributed by atoms with Gasteiger partial charge in [-0.3, -0.25) is 9.00 Å². The largest absolute Gasteiger partial charge is 0.469 e. The highest BCUT2D eigenvalue weighted by Crippen LogP contribution is 2.11. The number of methoxy groups -OCH3 is 1. The second-order valence-electron chi connectivity index (χ2n) is 3.39. The van der Waals surface area contributed by atoms with Crippen molar-refractivity contribution in [2.45, 2.75) is 11.8 Å².